The summed E-state index contributed by atoms with van der Waals surface area (Å²) in [5.74, 6) is -0.978. The Morgan fingerprint density at radius 1 is 1.25 bits per heavy atom. The predicted octanol–water partition coefficient (Wildman–Crippen LogP) is 5.95. The van der Waals surface area contributed by atoms with Crippen molar-refractivity contribution in [3.05, 3.63) is 75.2 Å². The molecule has 1 aromatic heterocycles. The summed E-state index contributed by atoms with van der Waals surface area (Å²) in [5, 5.41) is 1.69. The molecule has 1 heterocycles. The zero-order valence-electron chi connectivity index (χ0n) is 15.2. The molecule has 0 aliphatic carbocycles. The highest BCUT2D eigenvalue weighted by atomic mass is 35.5. The molecule has 1 unspecified atom stereocenters. The highest BCUT2D eigenvalue weighted by Crippen LogP contribution is 2.31. The Balaban J connectivity index is 2.65. The number of rotatable bonds is 5. The Bertz CT molecular complexity index is 938. The van der Waals surface area contributed by atoms with Crippen LogP contribution in [0.3, 0.4) is 0 Å². The predicted molar refractivity (Wildman–Crippen MR) is 103 cm³/mol. The molecule has 0 bridgehead atoms. The lowest BCUT2D eigenvalue weighted by Gasteiger charge is -2.11. The van der Waals surface area contributed by atoms with Crippen LogP contribution in [-0.2, 0) is 17.2 Å². The normalized spacial score (nSPS) is 14.5. The molecule has 0 saturated heterocycles. The van der Waals surface area contributed by atoms with Gasteiger partial charge in [0.25, 0.3) is 0 Å². The van der Waals surface area contributed by atoms with Gasteiger partial charge >= 0.3 is 6.18 Å². The summed E-state index contributed by atoms with van der Waals surface area (Å²) >= 11 is 5.80. The third-order valence-corrected chi connectivity index (χ3v) is 5.01. The number of alkyl halides is 3. The van der Waals surface area contributed by atoms with Gasteiger partial charge < -0.3 is 0 Å². The molecule has 0 aliphatic heterocycles. The second-order valence-electron chi connectivity index (χ2n) is 6.32. The highest BCUT2D eigenvalue weighted by Gasteiger charge is 2.32. The fourth-order valence-electron chi connectivity index (χ4n) is 2.06. The van der Waals surface area contributed by atoms with Crippen molar-refractivity contribution in [2.75, 3.05) is 0 Å². The van der Waals surface area contributed by atoms with E-state index >= 15 is 0 Å². The van der Waals surface area contributed by atoms with Gasteiger partial charge in [0.15, 0.2) is 11.0 Å². The van der Waals surface area contributed by atoms with Gasteiger partial charge in [0, 0.05) is 17.2 Å². The summed E-state index contributed by atoms with van der Waals surface area (Å²) in [6.07, 6.45) is -3.48. The number of hydrogen-bond acceptors (Lipinski definition) is 2. The van der Waals surface area contributed by atoms with Crippen LogP contribution in [0.4, 0.5) is 17.6 Å². The molecule has 0 aliphatic rings. The summed E-state index contributed by atoms with van der Waals surface area (Å²) in [6.45, 7) is 5.56. The zero-order chi connectivity index (χ0) is 21.1. The van der Waals surface area contributed by atoms with Crippen molar-refractivity contribution in [1.82, 2.24) is 4.98 Å². The van der Waals surface area contributed by atoms with Gasteiger partial charge in [-0.05, 0) is 43.2 Å². The first-order chi connectivity index (χ1) is 13.0. The van der Waals surface area contributed by atoms with Gasteiger partial charge in [-0.3, -0.25) is 4.98 Å². The van der Waals surface area contributed by atoms with E-state index in [1.807, 2.05) is 13.8 Å². The maximum absolute atomic E-state index is 13.9. The Morgan fingerprint density at radius 2 is 1.93 bits per heavy atom. The molecule has 0 radical (unpaired) electrons. The van der Waals surface area contributed by atoms with E-state index in [1.54, 1.807) is 6.92 Å². The number of aromatic nitrogens is 1. The van der Waals surface area contributed by atoms with Crippen LogP contribution in [0.5, 0.6) is 0 Å². The van der Waals surface area contributed by atoms with E-state index in [1.165, 1.54) is 23.7 Å². The minimum atomic E-state index is -4.75. The maximum Gasteiger partial charge on any atom is 0.416 e. The average Bonchev–Trinajstić information content (AvgIpc) is 2.59. The summed E-state index contributed by atoms with van der Waals surface area (Å²) < 4.78 is 69.5. The molecule has 28 heavy (non-hydrogen) atoms. The third kappa shape index (κ3) is 5.97. The molecule has 2 rings (SSSR count). The first-order valence-electron chi connectivity index (χ1n) is 8.15. The Kier molecular flexibility index (Phi) is 7.11. The lowest BCUT2D eigenvalue weighted by Crippen LogP contribution is -2.12. The molecule has 0 amide bonds. The smallest absolute Gasteiger partial charge is 0.253 e. The molecule has 0 spiro atoms. The van der Waals surface area contributed by atoms with Crippen LogP contribution in [0.25, 0.3) is 0 Å². The van der Waals surface area contributed by atoms with Crippen LogP contribution >= 0.6 is 11.6 Å². The van der Waals surface area contributed by atoms with Gasteiger partial charge in [-0.1, -0.05) is 31.0 Å². The van der Waals surface area contributed by atoms with Gasteiger partial charge in [0.05, 0.1) is 16.3 Å². The van der Waals surface area contributed by atoms with Crippen LogP contribution in [0.15, 0.2) is 51.9 Å². The van der Waals surface area contributed by atoms with Gasteiger partial charge in [-0.2, -0.15) is 17.6 Å². The Labute approximate surface area is 167 Å². The molecule has 1 aromatic carbocycles. The number of nitrogens with zero attached hydrogens (tertiary/aromatic N) is 2. The van der Waals surface area contributed by atoms with E-state index in [4.69, 9.17) is 11.6 Å². The van der Waals surface area contributed by atoms with Crippen LogP contribution in [0.2, 0.25) is 5.02 Å². The molecule has 0 saturated carbocycles. The van der Waals surface area contributed by atoms with E-state index in [0.29, 0.717) is 11.1 Å². The van der Waals surface area contributed by atoms with Gasteiger partial charge in [-0.25, -0.2) is 8.60 Å². The number of pyridine rings is 1. The summed E-state index contributed by atoms with van der Waals surface area (Å²) in [4.78, 5) is 4.02. The number of halogens is 5. The van der Waals surface area contributed by atoms with Crippen LogP contribution in [0, 0.1) is 11.7 Å². The standard InChI is InChI=1S/C19H17ClF4N2OS/c1-11(2)12(3)10-28(27)26-18(17-5-4-15(20)9-25-17)13-6-14(19(22,23)24)8-16(21)7-13/h4-11H,1-3H3/b12-10+,26-18?. The summed E-state index contributed by atoms with van der Waals surface area (Å²) in [6, 6.07) is 4.89. The second kappa shape index (κ2) is 8.96. The topological polar surface area (TPSA) is 42.3 Å². The lowest BCUT2D eigenvalue weighted by atomic mass is 10.0. The quantitative estimate of drug-likeness (QED) is 0.432. The zero-order valence-corrected chi connectivity index (χ0v) is 16.8. The van der Waals surface area contributed by atoms with Crippen molar-refractivity contribution in [3.8, 4) is 0 Å². The summed E-state index contributed by atoms with van der Waals surface area (Å²) in [7, 11) is -1.89. The van der Waals surface area contributed by atoms with Crippen molar-refractivity contribution in [1.29, 1.82) is 0 Å². The third-order valence-electron chi connectivity index (χ3n) is 3.85. The molecule has 1 atom stereocenters. The van der Waals surface area contributed by atoms with Crippen LogP contribution in [-0.4, -0.2) is 14.9 Å². The van der Waals surface area contributed by atoms with Crippen LogP contribution < -0.4 is 0 Å². The fraction of sp³-hybridized carbons (Fsp3) is 0.263. The highest BCUT2D eigenvalue weighted by molar-refractivity contribution is 7.86. The lowest BCUT2D eigenvalue weighted by molar-refractivity contribution is -0.137. The minimum absolute atomic E-state index is 0.113. The molecule has 150 valence electrons. The number of benzene rings is 1. The van der Waals surface area contributed by atoms with Crippen LogP contribution in [0.1, 0.15) is 37.6 Å². The van der Waals surface area contributed by atoms with E-state index in [-0.39, 0.29) is 22.9 Å². The monoisotopic (exact) mass is 432 g/mol. The van der Waals surface area contributed by atoms with Gasteiger partial charge in [0.2, 0.25) is 0 Å². The number of allylic oxidation sites excluding steroid dienone is 1. The first kappa shape index (κ1) is 22.2. The van der Waals surface area contributed by atoms with Crippen molar-refractivity contribution in [2.45, 2.75) is 26.9 Å². The Hall–Kier alpha value is -2.06. The van der Waals surface area contributed by atoms with Crippen molar-refractivity contribution >= 4 is 28.3 Å². The largest absolute Gasteiger partial charge is 0.416 e. The molecule has 0 fully saturated rings. The second-order valence-corrected chi connectivity index (χ2v) is 7.73. The fourth-order valence-corrected chi connectivity index (χ4v) is 3.20. The molecule has 3 nitrogen and oxygen atoms in total. The molecule has 9 heteroatoms. The molecular formula is C19H17ClF4N2OS. The Morgan fingerprint density at radius 3 is 2.46 bits per heavy atom. The maximum atomic E-state index is 13.9. The molecular weight excluding hydrogens is 416 g/mol. The van der Waals surface area contributed by atoms with E-state index in [9.17, 15) is 21.8 Å². The summed E-state index contributed by atoms with van der Waals surface area (Å²) in [5.41, 5.74) is -0.587. The average molecular weight is 433 g/mol. The molecule has 0 N–H and O–H groups in total. The van der Waals surface area contributed by atoms with E-state index in [0.717, 1.165) is 17.7 Å². The van der Waals surface area contributed by atoms with E-state index in [2.05, 4.69) is 9.38 Å². The van der Waals surface area contributed by atoms with Crippen molar-refractivity contribution in [3.63, 3.8) is 0 Å². The van der Waals surface area contributed by atoms with Crippen molar-refractivity contribution < 1.29 is 21.8 Å². The van der Waals surface area contributed by atoms with E-state index < -0.39 is 28.5 Å². The number of hydrogen-bond donors (Lipinski definition) is 0. The van der Waals surface area contributed by atoms with Crippen molar-refractivity contribution in [2.24, 2.45) is 10.3 Å². The first-order valence-corrected chi connectivity index (χ1v) is 9.70. The SMILES string of the molecule is C/C(=C\S(=O)N=C(c1cc(F)cc(C(F)(F)F)c1)c1ccc(Cl)cn1)C(C)C. The van der Waals surface area contributed by atoms with Gasteiger partial charge in [0.1, 0.15) is 11.5 Å². The van der Waals surface area contributed by atoms with Gasteiger partial charge in [-0.15, -0.1) is 0 Å². The molecule has 2 aromatic rings. The minimum Gasteiger partial charge on any atom is -0.253 e.